The summed E-state index contributed by atoms with van der Waals surface area (Å²) in [5.74, 6) is 2.11. The number of thiophene rings is 1. The summed E-state index contributed by atoms with van der Waals surface area (Å²) in [7, 11) is -3.60. The van der Waals surface area contributed by atoms with Gasteiger partial charge in [-0.3, -0.25) is 0 Å². The van der Waals surface area contributed by atoms with E-state index in [0.717, 1.165) is 29.3 Å². The number of esters is 1. The van der Waals surface area contributed by atoms with Crippen molar-refractivity contribution >= 4 is 39.1 Å². The highest BCUT2D eigenvalue weighted by Gasteiger charge is 2.35. The van der Waals surface area contributed by atoms with E-state index in [2.05, 4.69) is 6.92 Å². The SMILES string of the molecule is CC1CC1COC(=O)c1sccc1S(=O)(=O)N1CCSCC1. The van der Waals surface area contributed by atoms with Gasteiger partial charge in [-0.1, -0.05) is 6.92 Å². The fraction of sp³-hybridized carbons (Fsp3) is 0.643. The molecule has 0 aromatic carbocycles. The third-order valence-electron chi connectivity index (χ3n) is 4.11. The first kappa shape index (κ1) is 16.3. The molecule has 0 radical (unpaired) electrons. The minimum Gasteiger partial charge on any atom is -0.461 e. The first-order valence-electron chi connectivity index (χ1n) is 7.32. The van der Waals surface area contributed by atoms with Crippen LogP contribution in [0.2, 0.25) is 0 Å². The van der Waals surface area contributed by atoms with Crippen LogP contribution in [0.25, 0.3) is 0 Å². The number of thioether (sulfide) groups is 1. The summed E-state index contributed by atoms with van der Waals surface area (Å²) in [5, 5.41) is 1.64. The molecule has 2 fully saturated rings. The number of carbonyl (C=O) groups is 1. The van der Waals surface area contributed by atoms with Crippen molar-refractivity contribution in [1.29, 1.82) is 0 Å². The van der Waals surface area contributed by atoms with Crippen molar-refractivity contribution < 1.29 is 17.9 Å². The van der Waals surface area contributed by atoms with Gasteiger partial charge in [-0.25, -0.2) is 13.2 Å². The number of ether oxygens (including phenoxy) is 1. The molecule has 122 valence electrons. The van der Waals surface area contributed by atoms with Gasteiger partial charge in [0, 0.05) is 24.6 Å². The summed E-state index contributed by atoms with van der Waals surface area (Å²) in [6.07, 6.45) is 1.08. The highest BCUT2D eigenvalue weighted by molar-refractivity contribution is 7.99. The quantitative estimate of drug-likeness (QED) is 0.753. The lowest BCUT2D eigenvalue weighted by molar-refractivity contribution is 0.0483. The molecule has 2 atom stereocenters. The summed E-state index contributed by atoms with van der Waals surface area (Å²) in [4.78, 5) is 12.5. The number of hydrogen-bond acceptors (Lipinski definition) is 6. The van der Waals surface area contributed by atoms with E-state index < -0.39 is 16.0 Å². The first-order valence-corrected chi connectivity index (χ1v) is 10.8. The summed E-state index contributed by atoms with van der Waals surface area (Å²) >= 11 is 2.88. The summed E-state index contributed by atoms with van der Waals surface area (Å²) in [5.41, 5.74) is 0. The maximum atomic E-state index is 12.7. The normalized spacial score (nSPS) is 25.9. The van der Waals surface area contributed by atoms with Crippen LogP contribution in [0.1, 0.15) is 23.0 Å². The van der Waals surface area contributed by atoms with Gasteiger partial charge in [-0.2, -0.15) is 16.1 Å². The predicted octanol–water partition coefficient (Wildman–Crippen LogP) is 2.30. The van der Waals surface area contributed by atoms with E-state index in [4.69, 9.17) is 4.74 Å². The molecule has 2 unspecified atom stereocenters. The summed E-state index contributed by atoms with van der Waals surface area (Å²) in [6.45, 7) is 3.50. The molecule has 0 bridgehead atoms. The van der Waals surface area contributed by atoms with Gasteiger partial charge in [0.1, 0.15) is 9.77 Å². The van der Waals surface area contributed by atoms with Gasteiger partial charge in [0.25, 0.3) is 0 Å². The first-order chi connectivity index (χ1) is 10.5. The zero-order valence-corrected chi connectivity index (χ0v) is 14.8. The van der Waals surface area contributed by atoms with E-state index in [1.54, 1.807) is 17.1 Å². The molecule has 1 aliphatic heterocycles. The van der Waals surface area contributed by atoms with Gasteiger partial charge in [-0.05, 0) is 29.7 Å². The molecule has 0 N–H and O–H groups in total. The van der Waals surface area contributed by atoms with Gasteiger partial charge in [-0.15, -0.1) is 11.3 Å². The number of rotatable bonds is 5. The summed E-state index contributed by atoms with van der Waals surface area (Å²) in [6, 6.07) is 1.51. The molecule has 3 rings (SSSR count). The van der Waals surface area contributed by atoms with E-state index in [-0.39, 0.29) is 9.77 Å². The van der Waals surface area contributed by atoms with Crippen LogP contribution in [-0.2, 0) is 14.8 Å². The Morgan fingerprint density at radius 1 is 1.41 bits per heavy atom. The van der Waals surface area contributed by atoms with E-state index in [1.807, 2.05) is 0 Å². The fourth-order valence-corrected chi connectivity index (χ4v) is 6.31. The van der Waals surface area contributed by atoms with Crippen molar-refractivity contribution in [1.82, 2.24) is 4.31 Å². The molecule has 2 heterocycles. The van der Waals surface area contributed by atoms with Gasteiger partial charge < -0.3 is 4.74 Å². The average molecular weight is 362 g/mol. The maximum absolute atomic E-state index is 12.7. The largest absolute Gasteiger partial charge is 0.461 e. The molecule has 1 saturated carbocycles. The highest BCUT2D eigenvalue weighted by atomic mass is 32.2. The Morgan fingerprint density at radius 3 is 2.73 bits per heavy atom. The monoisotopic (exact) mass is 361 g/mol. The van der Waals surface area contributed by atoms with Crippen LogP contribution in [0.4, 0.5) is 0 Å². The molecule has 1 aliphatic carbocycles. The fourth-order valence-electron chi connectivity index (χ4n) is 2.46. The lowest BCUT2D eigenvalue weighted by Gasteiger charge is -2.25. The van der Waals surface area contributed by atoms with Crippen molar-refractivity contribution in [2.75, 3.05) is 31.2 Å². The third kappa shape index (κ3) is 3.34. The standard InChI is InChI=1S/C14H19NO4S3/c1-10-8-11(10)9-19-14(16)13-12(2-5-21-13)22(17,18)15-3-6-20-7-4-15/h2,5,10-11H,3-4,6-9H2,1H3. The van der Waals surface area contributed by atoms with E-state index in [1.165, 1.54) is 10.4 Å². The van der Waals surface area contributed by atoms with Gasteiger partial charge in [0.2, 0.25) is 10.0 Å². The number of hydrogen-bond donors (Lipinski definition) is 0. The van der Waals surface area contributed by atoms with E-state index >= 15 is 0 Å². The minimum absolute atomic E-state index is 0.0956. The van der Waals surface area contributed by atoms with Crippen LogP contribution < -0.4 is 0 Å². The topological polar surface area (TPSA) is 63.7 Å². The third-order valence-corrected chi connectivity index (χ3v) is 8.01. The Morgan fingerprint density at radius 2 is 2.09 bits per heavy atom. The second-order valence-electron chi connectivity index (χ2n) is 5.70. The predicted molar refractivity (Wildman–Crippen MR) is 88.0 cm³/mol. The number of sulfonamides is 1. The number of nitrogens with zero attached hydrogens (tertiary/aromatic N) is 1. The zero-order chi connectivity index (χ0) is 15.7. The van der Waals surface area contributed by atoms with Gasteiger partial charge >= 0.3 is 5.97 Å². The van der Waals surface area contributed by atoms with Crippen LogP contribution >= 0.6 is 23.1 Å². The molecule has 8 heteroatoms. The Hall–Kier alpha value is -0.570. The highest BCUT2D eigenvalue weighted by Crippen LogP contribution is 2.38. The van der Waals surface area contributed by atoms with Crippen LogP contribution in [0.3, 0.4) is 0 Å². The minimum atomic E-state index is -3.60. The summed E-state index contributed by atoms with van der Waals surface area (Å²) < 4.78 is 32.1. The van der Waals surface area contributed by atoms with Crippen LogP contribution in [0.15, 0.2) is 16.3 Å². The lowest BCUT2D eigenvalue weighted by Crippen LogP contribution is -2.38. The Balaban J connectivity index is 1.74. The average Bonchev–Trinajstić information content (AvgIpc) is 3.02. The molecular weight excluding hydrogens is 342 g/mol. The molecule has 2 aliphatic rings. The van der Waals surface area contributed by atoms with Crippen molar-refractivity contribution in [3.63, 3.8) is 0 Å². The second-order valence-corrected chi connectivity index (χ2v) is 9.75. The smallest absolute Gasteiger partial charge is 0.349 e. The molecule has 22 heavy (non-hydrogen) atoms. The molecule has 1 saturated heterocycles. The second kappa shape index (κ2) is 6.51. The Kier molecular flexibility index (Phi) is 4.82. The van der Waals surface area contributed by atoms with Crippen LogP contribution in [-0.4, -0.2) is 49.9 Å². The molecule has 1 aromatic rings. The molecule has 0 amide bonds. The maximum Gasteiger partial charge on any atom is 0.349 e. The van der Waals surface area contributed by atoms with Crippen LogP contribution in [0.5, 0.6) is 0 Å². The Bertz CT molecular complexity index is 649. The van der Waals surface area contributed by atoms with Crippen molar-refractivity contribution in [2.24, 2.45) is 11.8 Å². The Labute approximate surface area is 139 Å². The molecule has 0 spiro atoms. The van der Waals surface area contributed by atoms with Crippen molar-refractivity contribution in [2.45, 2.75) is 18.2 Å². The van der Waals surface area contributed by atoms with E-state index in [9.17, 15) is 13.2 Å². The molecular formula is C14H19NO4S3. The number of carbonyl (C=O) groups excluding carboxylic acids is 1. The molecule has 5 nitrogen and oxygen atoms in total. The van der Waals surface area contributed by atoms with E-state index in [0.29, 0.717) is 31.5 Å². The van der Waals surface area contributed by atoms with Crippen molar-refractivity contribution in [3.05, 3.63) is 16.3 Å². The molecule has 1 aromatic heterocycles. The van der Waals surface area contributed by atoms with Gasteiger partial charge in [0.15, 0.2) is 0 Å². The van der Waals surface area contributed by atoms with Crippen LogP contribution in [0, 0.1) is 11.8 Å². The zero-order valence-electron chi connectivity index (χ0n) is 12.4. The van der Waals surface area contributed by atoms with Crippen molar-refractivity contribution in [3.8, 4) is 0 Å². The lowest BCUT2D eigenvalue weighted by atomic mass is 10.4. The van der Waals surface area contributed by atoms with Gasteiger partial charge in [0.05, 0.1) is 6.61 Å².